The van der Waals surface area contributed by atoms with Crippen LogP contribution in [0.4, 0.5) is 4.79 Å². The lowest BCUT2D eigenvalue weighted by Crippen LogP contribution is -2.40. The van der Waals surface area contributed by atoms with E-state index in [4.69, 9.17) is 9.47 Å². The molecular weight excluding hydrogens is 326 g/mol. The monoisotopic (exact) mass is 347 g/mol. The average Bonchev–Trinajstić information content (AvgIpc) is 2.80. The lowest BCUT2D eigenvalue weighted by molar-refractivity contribution is -0.133. The number of amides is 4. The quantitative estimate of drug-likeness (QED) is 0.760. The number of carbonyl (C=O) groups is 3. The van der Waals surface area contributed by atoms with Crippen molar-refractivity contribution in [2.45, 2.75) is 25.3 Å². The Morgan fingerprint density at radius 2 is 1.68 bits per heavy atom. The van der Waals surface area contributed by atoms with Crippen LogP contribution in [0.25, 0.3) is 0 Å². The van der Waals surface area contributed by atoms with E-state index < -0.39 is 18.0 Å². The number of hydrogen-bond donors (Lipinski definition) is 2. The van der Waals surface area contributed by atoms with E-state index in [9.17, 15) is 14.4 Å². The van der Waals surface area contributed by atoms with Gasteiger partial charge in [-0.25, -0.2) is 4.79 Å². The van der Waals surface area contributed by atoms with Crippen LogP contribution in [0.5, 0.6) is 11.5 Å². The Morgan fingerprint density at radius 1 is 1.12 bits per heavy atom. The molecular formula is C17H21N3O5. The van der Waals surface area contributed by atoms with Gasteiger partial charge in [0.2, 0.25) is 5.91 Å². The van der Waals surface area contributed by atoms with Crippen LogP contribution in [-0.4, -0.2) is 56.1 Å². The number of hydrogen-bond acceptors (Lipinski definition) is 5. The highest BCUT2D eigenvalue weighted by Gasteiger charge is 2.33. The Morgan fingerprint density at radius 3 is 2.12 bits per heavy atom. The lowest BCUT2D eigenvalue weighted by Gasteiger charge is -2.21. The third kappa shape index (κ3) is 3.52. The van der Waals surface area contributed by atoms with E-state index in [2.05, 4.69) is 10.6 Å². The lowest BCUT2D eigenvalue weighted by atomic mass is 10.0. The summed E-state index contributed by atoms with van der Waals surface area (Å²) < 4.78 is 10.7. The van der Waals surface area contributed by atoms with Crippen LogP contribution >= 0.6 is 0 Å². The number of nitrogens with zero attached hydrogens (tertiary/aromatic N) is 1. The largest absolute Gasteiger partial charge is 0.493 e. The molecule has 3 rings (SSSR count). The molecule has 1 atom stereocenters. The first-order valence-electron chi connectivity index (χ1n) is 8.14. The SMILES string of the molecule is COc1cc2c(cc1OC)CCN(C(=O)C[C@@H]1NC(=O)NC1=O)CC2. The van der Waals surface area contributed by atoms with Gasteiger partial charge in [0.05, 0.1) is 20.6 Å². The Balaban J connectivity index is 1.68. The summed E-state index contributed by atoms with van der Waals surface area (Å²) in [5.74, 6) is 0.748. The predicted octanol–water partition coefficient (Wildman–Crippen LogP) is 0.229. The fraction of sp³-hybridized carbons (Fsp3) is 0.471. The first-order valence-corrected chi connectivity index (χ1v) is 8.14. The number of rotatable bonds is 4. The van der Waals surface area contributed by atoms with Crippen molar-refractivity contribution in [2.75, 3.05) is 27.3 Å². The second-order valence-electron chi connectivity index (χ2n) is 6.08. The predicted molar refractivity (Wildman–Crippen MR) is 88.6 cm³/mol. The van der Waals surface area contributed by atoms with E-state index in [-0.39, 0.29) is 12.3 Å². The number of benzene rings is 1. The number of ether oxygens (including phenoxy) is 2. The van der Waals surface area contributed by atoms with E-state index in [1.165, 1.54) is 0 Å². The maximum absolute atomic E-state index is 12.5. The second kappa shape index (κ2) is 7.00. The zero-order valence-corrected chi connectivity index (χ0v) is 14.3. The summed E-state index contributed by atoms with van der Waals surface area (Å²) in [5, 5.41) is 4.60. The molecule has 0 unspecified atom stereocenters. The highest BCUT2D eigenvalue weighted by atomic mass is 16.5. The molecule has 1 aromatic rings. The first-order chi connectivity index (χ1) is 12.0. The Labute approximate surface area is 145 Å². The minimum Gasteiger partial charge on any atom is -0.493 e. The molecule has 25 heavy (non-hydrogen) atoms. The second-order valence-corrected chi connectivity index (χ2v) is 6.08. The summed E-state index contributed by atoms with van der Waals surface area (Å²) in [7, 11) is 3.19. The van der Waals surface area contributed by atoms with Gasteiger partial charge in [-0.3, -0.25) is 14.9 Å². The smallest absolute Gasteiger partial charge is 0.322 e. The molecule has 8 heteroatoms. The van der Waals surface area contributed by atoms with E-state index in [1.54, 1.807) is 19.1 Å². The molecule has 1 aromatic carbocycles. The number of imide groups is 1. The topological polar surface area (TPSA) is 97.0 Å². The van der Waals surface area contributed by atoms with Crippen LogP contribution in [-0.2, 0) is 22.4 Å². The molecule has 0 aliphatic carbocycles. The van der Waals surface area contributed by atoms with Gasteiger partial charge in [-0.05, 0) is 36.1 Å². The van der Waals surface area contributed by atoms with Gasteiger partial charge < -0.3 is 19.7 Å². The van der Waals surface area contributed by atoms with Crippen LogP contribution in [0.2, 0.25) is 0 Å². The maximum atomic E-state index is 12.5. The number of fused-ring (bicyclic) bond motifs is 1. The molecule has 2 aliphatic rings. The van der Waals surface area contributed by atoms with Crippen molar-refractivity contribution >= 4 is 17.8 Å². The average molecular weight is 347 g/mol. The number of carbonyl (C=O) groups excluding carboxylic acids is 3. The molecule has 1 saturated heterocycles. The van der Waals surface area contributed by atoms with Crippen molar-refractivity contribution in [1.82, 2.24) is 15.5 Å². The van der Waals surface area contributed by atoms with Crippen molar-refractivity contribution in [3.8, 4) is 11.5 Å². The van der Waals surface area contributed by atoms with Crippen LogP contribution in [0, 0.1) is 0 Å². The fourth-order valence-electron chi connectivity index (χ4n) is 3.21. The van der Waals surface area contributed by atoms with Crippen LogP contribution in [0.1, 0.15) is 17.5 Å². The van der Waals surface area contributed by atoms with Gasteiger partial charge in [0, 0.05) is 13.1 Å². The van der Waals surface area contributed by atoms with Crippen molar-refractivity contribution < 1.29 is 23.9 Å². The first kappa shape index (κ1) is 17.1. The summed E-state index contributed by atoms with van der Waals surface area (Å²) in [5.41, 5.74) is 2.25. The Kier molecular flexibility index (Phi) is 4.78. The summed E-state index contributed by atoms with van der Waals surface area (Å²) in [6.45, 7) is 1.12. The fourth-order valence-corrected chi connectivity index (χ4v) is 3.21. The molecule has 0 aromatic heterocycles. The highest BCUT2D eigenvalue weighted by Crippen LogP contribution is 2.32. The number of methoxy groups -OCH3 is 2. The van der Waals surface area contributed by atoms with Crippen molar-refractivity contribution in [3.05, 3.63) is 23.3 Å². The number of nitrogens with one attached hydrogen (secondary N) is 2. The Hall–Kier alpha value is -2.77. The standard InChI is InChI=1S/C17H21N3O5/c1-24-13-7-10-3-5-20(6-4-11(10)8-14(13)25-2)15(21)9-12-16(22)19-17(23)18-12/h7-8,12H,3-6,9H2,1-2H3,(H2,18,19,22,23)/t12-/m0/s1. The van der Waals surface area contributed by atoms with Gasteiger partial charge in [-0.15, -0.1) is 0 Å². The molecule has 4 amide bonds. The molecule has 1 fully saturated rings. The van der Waals surface area contributed by atoms with Gasteiger partial charge in [-0.2, -0.15) is 0 Å². The summed E-state index contributed by atoms with van der Waals surface area (Å²) in [4.78, 5) is 37.0. The summed E-state index contributed by atoms with van der Waals surface area (Å²) >= 11 is 0. The molecule has 0 saturated carbocycles. The molecule has 0 spiro atoms. The third-order valence-electron chi connectivity index (χ3n) is 4.60. The molecule has 2 aliphatic heterocycles. The minimum atomic E-state index is -0.786. The normalized spacial score (nSPS) is 19.6. The van der Waals surface area contributed by atoms with Gasteiger partial charge in [0.1, 0.15) is 6.04 Å². The van der Waals surface area contributed by atoms with Gasteiger partial charge >= 0.3 is 6.03 Å². The summed E-state index contributed by atoms with van der Waals surface area (Å²) in [6, 6.07) is 2.57. The molecule has 2 N–H and O–H groups in total. The van der Waals surface area contributed by atoms with E-state index in [1.807, 2.05) is 12.1 Å². The molecule has 8 nitrogen and oxygen atoms in total. The van der Waals surface area contributed by atoms with Gasteiger partial charge in [0.15, 0.2) is 11.5 Å². The van der Waals surface area contributed by atoms with E-state index in [0.29, 0.717) is 37.4 Å². The maximum Gasteiger partial charge on any atom is 0.322 e. The van der Waals surface area contributed by atoms with E-state index >= 15 is 0 Å². The van der Waals surface area contributed by atoms with Crippen molar-refractivity contribution in [1.29, 1.82) is 0 Å². The molecule has 0 bridgehead atoms. The molecule has 134 valence electrons. The molecule has 2 heterocycles. The van der Waals surface area contributed by atoms with Crippen LogP contribution in [0.3, 0.4) is 0 Å². The zero-order valence-electron chi connectivity index (χ0n) is 14.3. The van der Waals surface area contributed by atoms with E-state index in [0.717, 1.165) is 11.1 Å². The van der Waals surface area contributed by atoms with Crippen LogP contribution in [0.15, 0.2) is 12.1 Å². The van der Waals surface area contributed by atoms with Crippen molar-refractivity contribution in [2.24, 2.45) is 0 Å². The summed E-state index contributed by atoms with van der Waals surface area (Å²) in [6.07, 6.45) is 1.37. The highest BCUT2D eigenvalue weighted by molar-refractivity contribution is 6.05. The molecule has 0 radical (unpaired) electrons. The number of urea groups is 1. The zero-order chi connectivity index (χ0) is 18.0. The van der Waals surface area contributed by atoms with Crippen LogP contribution < -0.4 is 20.1 Å². The minimum absolute atomic E-state index is 0.0272. The van der Waals surface area contributed by atoms with Gasteiger partial charge in [0.25, 0.3) is 5.91 Å². The van der Waals surface area contributed by atoms with Crippen molar-refractivity contribution in [3.63, 3.8) is 0 Å². The third-order valence-corrected chi connectivity index (χ3v) is 4.60. The Bertz CT molecular complexity index is 683. The van der Waals surface area contributed by atoms with Gasteiger partial charge in [-0.1, -0.05) is 0 Å².